The minimum atomic E-state index is -0.407. The van der Waals surface area contributed by atoms with Crippen LogP contribution in [0.5, 0.6) is 11.5 Å². The maximum Gasteiger partial charge on any atom is 0.338 e. The molecule has 0 spiro atoms. The van der Waals surface area contributed by atoms with Crippen molar-refractivity contribution in [1.82, 2.24) is 0 Å². The second-order valence-electron chi connectivity index (χ2n) is 4.88. The molecule has 0 bridgehead atoms. The first-order valence-electron chi connectivity index (χ1n) is 6.64. The van der Waals surface area contributed by atoms with E-state index in [-0.39, 0.29) is 0 Å². The lowest BCUT2D eigenvalue weighted by atomic mass is 10.0. The molecule has 0 fully saturated rings. The van der Waals surface area contributed by atoms with Crippen molar-refractivity contribution in [1.29, 1.82) is 0 Å². The zero-order chi connectivity index (χ0) is 15.4. The Bertz CT molecular complexity index is 669. The largest absolute Gasteiger partial charge is 0.497 e. The van der Waals surface area contributed by atoms with Gasteiger partial charge in [-0.05, 0) is 54.8 Å². The van der Waals surface area contributed by atoms with E-state index in [4.69, 9.17) is 9.47 Å². The number of carbonyl (C=O) groups excluding carboxylic acids is 1. The summed E-state index contributed by atoms with van der Waals surface area (Å²) in [6.45, 7) is 7.12. The predicted molar refractivity (Wildman–Crippen MR) is 83.6 cm³/mol. The molecule has 2 aromatic carbocycles. The second kappa shape index (κ2) is 6.27. The van der Waals surface area contributed by atoms with E-state index >= 15 is 0 Å². The van der Waals surface area contributed by atoms with Crippen LogP contribution in [0.1, 0.15) is 12.5 Å². The molecule has 0 heterocycles. The molecule has 0 N–H and O–H groups in total. The van der Waals surface area contributed by atoms with Gasteiger partial charge in [0, 0.05) is 5.57 Å². The quantitative estimate of drug-likeness (QED) is 0.480. The fourth-order valence-electron chi connectivity index (χ4n) is 1.91. The van der Waals surface area contributed by atoms with Gasteiger partial charge in [0.1, 0.15) is 11.5 Å². The Kier molecular flexibility index (Phi) is 4.43. The molecule has 0 radical (unpaired) electrons. The van der Waals surface area contributed by atoms with Crippen molar-refractivity contribution < 1.29 is 14.3 Å². The smallest absolute Gasteiger partial charge is 0.338 e. The number of rotatable bonds is 4. The molecule has 2 aromatic rings. The average molecular weight is 282 g/mol. The number of methoxy groups -OCH3 is 1. The minimum absolute atomic E-state index is 0.383. The van der Waals surface area contributed by atoms with Crippen molar-refractivity contribution in [3.8, 4) is 22.6 Å². The third-order valence-corrected chi connectivity index (χ3v) is 3.15. The third-order valence-electron chi connectivity index (χ3n) is 3.15. The van der Waals surface area contributed by atoms with Crippen LogP contribution in [0, 0.1) is 6.92 Å². The normalized spacial score (nSPS) is 10.0. The summed E-state index contributed by atoms with van der Waals surface area (Å²) in [5.74, 6) is 0.970. The van der Waals surface area contributed by atoms with Crippen LogP contribution in [0.25, 0.3) is 11.1 Å². The Hall–Kier alpha value is -2.55. The zero-order valence-corrected chi connectivity index (χ0v) is 12.5. The van der Waals surface area contributed by atoms with Crippen molar-refractivity contribution in [3.63, 3.8) is 0 Å². The summed E-state index contributed by atoms with van der Waals surface area (Å²) in [5, 5.41) is 0. The number of esters is 1. The standard InChI is InChI=1S/C18H18O3/c1-12(2)18(19)21-17-10-7-15(11-13(17)3)14-5-8-16(20-4)9-6-14/h5-11H,1H2,2-4H3. The van der Waals surface area contributed by atoms with E-state index in [1.165, 1.54) is 0 Å². The van der Waals surface area contributed by atoms with Crippen molar-refractivity contribution in [3.05, 3.63) is 60.2 Å². The Morgan fingerprint density at radius 2 is 1.67 bits per heavy atom. The fourth-order valence-corrected chi connectivity index (χ4v) is 1.91. The highest BCUT2D eigenvalue weighted by Crippen LogP contribution is 2.27. The molecular weight excluding hydrogens is 264 g/mol. The van der Waals surface area contributed by atoms with Crippen LogP contribution in [0.2, 0.25) is 0 Å². The molecule has 0 aliphatic heterocycles. The van der Waals surface area contributed by atoms with Crippen molar-refractivity contribution in [2.45, 2.75) is 13.8 Å². The van der Waals surface area contributed by atoms with Gasteiger partial charge in [0.25, 0.3) is 0 Å². The number of benzene rings is 2. The third kappa shape index (κ3) is 3.51. The molecule has 21 heavy (non-hydrogen) atoms. The van der Waals surface area contributed by atoms with Crippen LogP contribution in [0.15, 0.2) is 54.6 Å². The lowest BCUT2D eigenvalue weighted by Crippen LogP contribution is -2.09. The van der Waals surface area contributed by atoms with E-state index in [1.54, 1.807) is 20.1 Å². The summed E-state index contributed by atoms with van der Waals surface area (Å²) >= 11 is 0. The molecule has 0 unspecified atom stereocenters. The minimum Gasteiger partial charge on any atom is -0.497 e. The van der Waals surface area contributed by atoms with Crippen LogP contribution in [0.4, 0.5) is 0 Å². The Morgan fingerprint density at radius 3 is 2.19 bits per heavy atom. The number of aryl methyl sites for hydroxylation is 1. The Labute approximate surface area is 124 Å². The summed E-state index contributed by atoms with van der Waals surface area (Å²) in [6.07, 6.45) is 0. The number of carbonyl (C=O) groups is 1. The van der Waals surface area contributed by atoms with Gasteiger partial charge in [-0.2, -0.15) is 0 Å². The van der Waals surface area contributed by atoms with Gasteiger partial charge < -0.3 is 9.47 Å². The first kappa shape index (κ1) is 14.9. The van der Waals surface area contributed by atoms with Crippen molar-refractivity contribution in [2.24, 2.45) is 0 Å². The van der Waals surface area contributed by atoms with Gasteiger partial charge in [-0.1, -0.05) is 24.8 Å². The van der Waals surface area contributed by atoms with Crippen LogP contribution in [-0.2, 0) is 4.79 Å². The molecule has 3 heteroatoms. The molecule has 0 amide bonds. The maximum absolute atomic E-state index is 11.6. The molecule has 108 valence electrons. The molecule has 3 nitrogen and oxygen atoms in total. The van der Waals surface area contributed by atoms with Gasteiger partial charge in [0.2, 0.25) is 0 Å². The van der Waals surface area contributed by atoms with E-state index < -0.39 is 5.97 Å². The van der Waals surface area contributed by atoms with Crippen LogP contribution in [0.3, 0.4) is 0 Å². The van der Waals surface area contributed by atoms with Crippen LogP contribution >= 0.6 is 0 Å². The van der Waals surface area contributed by atoms with Crippen molar-refractivity contribution in [2.75, 3.05) is 7.11 Å². The number of hydrogen-bond acceptors (Lipinski definition) is 3. The zero-order valence-electron chi connectivity index (χ0n) is 12.5. The highest BCUT2D eigenvalue weighted by Gasteiger charge is 2.09. The predicted octanol–water partition coefficient (Wildman–Crippen LogP) is 4.15. The molecule has 0 saturated heterocycles. The molecular formula is C18H18O3. The van der Waals surface area contributed by atoms with Gasteiger partial charge in [-0.25, -0.2) is 4.79 Å². The summed E-state index contributed by atoms with van der Waals surface area (Å²) < 4.78 is 10.4. The summed E-state index contributed by atoms with van der Waals surface area (Å²) in [6, 6.07) is 13.5. The second-order valence-corrected chi connectivity index (χ2v) is 4.88. The summed E-state index contributed by atoms with van der Waals surface area (Å²) in [5.41, 5.74) is 3.42. The molecule has 0 saturated carbocycles. The number of hydrogen-bond donors (Lipinski definition) is 0. The lowest BCUT2D eigenvalue weighted by Gasteiger charge is -2.10. The molecule has 0 aromatic heterocycles. The van der Waals surface area contributed by atoms with Gasteiger partial charge >= 0.3 is 5.97 Å². The highest BCUT2D eigenvalue weighted by atomic mass is 16.5. The summed E-state index contributed by atoms with van der Waals surface area (Å²) in [7, 11) is 1.64. The SMILES string of the molecule is C=C(C)C(=O)Oc1ccc(-c2ccc(OC)cc2)cc1C. The van der Waals surface area contributed by atoms with Gasteiger partial charge in [0.05, 0.1) is 7.11 Å². The molecule has 0 atom stereocenters. The van der Waals surface area contributed by atoms with E-state index in [1.807, 2.05) is 43.3 Å². The Morgan fingerprint density at radius 1 is 1.05 bits per heavy atom. The lowest BCUT2D eigenvalue weighted by molar-refractivity contribution is -0.130. The van der Waals surface area contributed by atoms with E-state index in [0.717, 1.165) is 22.4 Å². The highest BCUT2D eigenvalue weighted by molar-refractivity contribution is 5.89. The summed E-state index contributed by atoms with van der Waals surface area (Å²) in [4.78, 5) is 11.6. The van der Waals surface area contributed by atoms with E-state index in [0.29, 0.717) is 11.3 Å². The van der Waals surface area contributed by atoms with Gasteiger partial charge in [-0.15, -0.1) is 0 Å². The monoisotopic (exact) mass is 282 g/mol. The van der Waals surface area contributed by atoms with Crippen LogP contribution < -0.4 is 9.47 Å². The van der Waals surface area contributed by atoms with Gasteiger partial charge in [-0.3, -0.25) is 0 Å². The molecule has 2 rings (SSSR count). The Balaban J connectivity index is 2.25. The van der Waals surface area contributed by atoms with Gasteiger partial charge in [0.15, 0.2) is 0 Å². The van der Waals surface area contributed by atoms with Crippen molar-refractivity contribution >= 4 is 5.97 Å². The first-order valence-corrected chi connectivity index (χ1v) is 6.64. The molecule has 0 aliphatic rings. The van der Waals surface area contributed by atoms with E-state index in [2.05, 4.69) is 6.58 Å². The van der Waals surface area contributed by atoms with Crippen LogP contribution in [-0.4, -0.2) is 13.1 Å². The fraction of sp³-hybridized carbons (Fsp3) is 0.167. The topological polar surface area (TPSA) is 35.5 Å². The number of ether oxygens (including phenoxy) is 2. The molecule has 0 aliphatic carbocycles. The maximum atomic E-state index is 11.6. The first-order chi connectivity index (χ1) is 10.0. The average Bonchev–Trinajstić information content (AvgIpc) is 2.49. The van der Waals surface area contributed by atoms with E-state index in [9.17, 15) is 4.79 Å².